The number of nitrogens with zero attached hydrogens (tertiary/aromatic N) is 6. The molecule has 8 heteroatoms. The average molecular weight is 404 g/mol. The molecule has 3 unspecified atom stereocenters. The Balaban J connectivity index is 1.45. The number of benzene rings is 1. The van der Waals surface area contributed by atoms with Crippen molar-refractivity contribution in [2.45, 2.75) is 43.7 Å². The fraction of sp³-hybridized carbons (Fsp3) is 0.409. The van der Waals surface area contributed by atoms with Gasteiger partial charge in [-0.15, -0.1) is 5.10 Å². The van der Waals surface area contributed by atoms with Gasteiger partial charge in [0.15, 0.2) is 5.82 Å². The van der Waals surface area contributed by atoms with E-state index < -0.39 is 5.60 Å². The van der Waals surface area contributed by atoms with Gasteiger partial charge in [0.05, 0.1) is 5.60 Å². The second-order valence-electron chi connectivity index (χ2n) is 8.15. The van der Waals surface area contributed by atoms with Gasteiger partial charge in [0, 0.05) is 30.3 Å². The summed E-state index contributed by atoms with van der Waals surface area (Å²) in [4.78, 5) is 19.7. The van der Waals surface area contributed by atoms with E-state index in [2.05, 4.69) is 20.5 Å². The number of carbonyl (C=O) groups is 1. The maximum absolute atomic E-state index is 13.5. The van der Waals surface area contributed by atoms with Crippen molar-refractivity contribution in [3.05, 3.63) is 66.1 Å². The van der Waals surface area contributed by atoms with Crippen LogP contribution in [0.5, 0.6) is 0 Å². The maximum Gasteiger partial charge on any atom is 0.254 e. The van der Waals surface area contributed by atoms with E-state index in [4.69, 9.17) is 0 Å². The van der Waals surface area contributed by atoms with Crippen molar-refractivity contribution in [3.63, 3.8) is 0 Å². The maximum atomic E-state index is 13.5. The van der Waals surface area contributed by atoms with Crippen molar-refractivity contribution < 1.29 is 9.90 Å². The number of piperidine rings is 1. The predicted octanol–water partition coefficient (Wildman–Crippen LogP) is 2.35. The molecule has 1 aliphatic carbocycles. The normalized spacial score (nSPS) is 26.2. The first-order valence-corrected chi connectivity index (χ1v) is 10.4. The minimum atomic E-state index is -0.890. The van der Waals surface area contributed by atoms with E-state index in [0.717, 1.165) is 31.2 Å². The van der Waals surface area contributed by atoms with Crippen molar-refractivity contribution >= 4 is 5.91 Å². The summed E-state index contributed by atoms with van der Waals surface area (Å²) in [7, 11) is 0. The molecule has 1 aromatic carbocycles. The molecule has 1 amide bonds. The number of rotatable bonds is 3. The molecular formula is C22H24N6O2. The molecule has 1 N–H and O–H groups in total. The number of fused-ring (bicyclic) bond motifs is 1. The van der Waals surface area contributed by atoms with Crippen molar-refractivity contribution in [1.82, 2.24) is 30.1 Å². The monoisotopic (exact) mass is 404 g/mol. The molecule has 1 saturated carbocycles. The second-order valence-corrected chi connectivity index (χ2v) is 8.15. The SMILES string of the molecule is O=C(c1ccnc(-n2cnnn2)c1)N1CCC(O)(c2ccccc2)C2CCCCC21. The largest absolute Gasteiger partial charge is 0.385 e. The summed E-state index contributed by atoms with van der Waals surface area (Å²) in [5.41, 5.74) is 0.628. The Morgan fingerprint density at radius 1 is 1.13 bits per heavy atom. The number of aliphatic hydroxyl groups is 1. The zero-order valence-electron chi connectivity index (χ0n) is 16.6. The Bertz CT molecular complexity index is 1030. The van der Waals surface area contributed by atoms with Crippen LogP contribution in [-0.2, 0) is 5.60 Å². The molecule has 1 saturated heterocycles. The fourth-order valence-electron chi connectivity index (χ4n) is 5.13. The topological polar surface area (TPSA) is 97.0 Å². The predicted molar refractivity (Wildman–Crippen MR) is 109 cm³/mol. The first-order chi connectivity index (χ1) is 14.7. The molecule has 1 aliphatic heterocycles. The summed E-state index contributed by atoms with van der Waals surface area (Å²) in [5.74, 6) is 0.509. The van der Waals surface area contributed by atoms with E-state index in [1.54, 1.807) is 18.3 Å². The first-order valence-electron chi connectivity index (χ1n) is 10.4. The van der Waals surface area contributed by atoms with E-state index in [-0.39, 0.29) is 17.9 Å². The van der Waals surface area contributed by atoms with Crippen LogP contribution < -0.4 is 0 Å². The lowest BCUT2D eigenvalue weighted by atomic mass is 9.66. The number of tetrazole rings is 1. The van der Waals surface area contributed by atoms with Crippen LogP contribution in [-0.4, -0.2) is 53.7 Å². The van der Waals surface area contributed by atoms with Crippen LogP contribution in [0.4, 0.5) is 0 Å². The molecule has 154 valence electrons. The second kappa shape index (κ2) is 7.60. The van der Waals surface area contributed by atoms with Crippen LogP contribution in [0.25, 0.3) is 5.82 Å². The lowest BCUT2D eigenvalue weighted by molar-refractivity contribution is -0.110. The van der Waals surface area contributed by atoms with Crippen molar-refractivity contribution in [2.75, 3.05) is 6.54 Å². The van der Waals surface area contributed by atoms with Crippen LogP contribution in [0.2, 0.25) is 0 Å². The third-order valence-electron chi connectivity index (χ3n) is 6.59. The van der Waals surface area contributed by atoms with Gasteiger partial charge in [-0.25, -0.2) is 4.98 Å². The quantitative estimate of drug-likeness (QED) is 0.720. The van der Waals surface area contributed by atoms with Crippen LogP contribution in [0.1, 0.15) is 48.0 Å². The van der Waals surface area contributed by atoms with E-state index in [0.29, 0.717) is 24.3 Å². The Hall–Kier alpha value is -3.13. The lowest BCUT2D eigenvalue weighted by Crippen LogP contribution is -2.59. The highest BCUT2D eigenvalue weighted by Gasteiger charge is 2.50. The van der Waals surface area contributed by atoms with Gasteiger partial charge in [0.25, 0.3) is 5.91 Å². The standard InChI is InChI=1S/C22H24N6O2/c29-21(16-10-12-23-20(14-16)28-15-24-25-26-28)27-13-11-22(30,17-6-2-1-3-7-17)18-8-4-5-9-19(18)27/h1-3,6-7,10,12,14-15,18-19,30H,4-5,8-9,11,13H2. The van der Waals surface area contributed by atoms with Gasteiger partial charge in [0.1, 0.15) is 6.33 Å². The van der Waals surface area contributed by atoms with Crippen molar-refractivity contribution in [2.24, 2.45) is 5.92 Å². The Labute approximate surface area is 174 Å². The fourth-order valence-corrected chi connectivity index (χ4v) is 5.13. The molecule has 0 bridgehead atoms. The molecule has 3 aromatic rings. The lowest BCUT2D eigenvalue weighted by Gasteiger charge is -2.52. The van der Waals surface area contributed by atoms with Crippen molar-refractivity contribution in [1.29, 1.82) is 0 Å². The van der Waals surface area contributed by atoms with Gasteiger partial charge in [0.2, 0.25) is 0 Å². The molecule has 2 fully saturated rings. The molecule has 2 aromatic heterocycles. The number of likely N-dealkylation sites (tertiary alicyclic amines) is 1. The van der Waals surface area contributed by atoms with Crippen molar-refractivity contribution in [3.8, 4) is 5.82 Å². The summed E-state index contributed by atoms with van der Waals surface area (Å²) < 4.78 is 1.44. The van der Waals surface area contributed by atoms with Crippen LogP contribution >= 0.6 is 0 Å². The third-order valence-corrected chi connectivity index (χ3v) is 6.59. The summed E-state index contributed by atoms with van der Waals surface area (Å²) in [5, 5.41) is 22.8. The highest BCUT2D eigenvalue weighted by atomic mass is 16.3. The third kappa shape index (κ3) is 3.17. The summed E-state index contributed by atoms with van der Waals surface area (Å²) in [6.07, 6.45) is 7.58. The molecule has 30 heavy (non-hydrogen) atoms. The minimum absolute atomic E-state index is 0.0230. The molecule has 2 aliphatic rings. The molecule has 3 heterocycles. The Kier molecular flexibility index (Phi) is 4.78. The molecule has 5 rings (SSSR count). The minimum Gasteiger partial charge on any atom is -0.385 e. The van der Waals surface area contributed by atoms with Crippen LogP contribution in [0.3, 0.4) is 0 Å². The number of aromatic nitrogens is 5. The Morgan fingerprint density at radius 2 is 1.97 bits per heavy atom. The number of hydrogen-bond donors (Lipinski definition) is 1. The number of amides is 1. The van der Waals surface area contributed by atoms with E-state index in [9.17, 15) is 9.90 Å². The molecule has 3 atom stereocenters. The van der Waals surface area contributed by atoms with Gasteiger partial charge in [-0.3, -0.25) is 4.79 Å². The number of pyridine rings is 1. The van der Waals surface area contributed by atoms with Gasteiger partial charge in [-0.1, -0.05) is 43.2 Å². The summed E-state index contributed by atoms with van der Waals surface area (Å²) in [6, 6.07) is 13.4. The molecule has 0 radical (unpaired) electrons. The Morgan fingerprint density at radius 3 is 2.77 bits per heavy atom. The summed E-state index contributed by atoms with van der Waals surface area (Å²) >= 11 is 0. The van der Waals surface area contributed by atoms with Gasteiger partial charge < -0.3 is 10.0 Å². The van der Waals surface area contributed by atoms with E-state index >= 15 is 0 Å². The van der Waals surface area contributed by atoms with Crippen LogP contribution in [0, 0.1) is 5.92 Å². The van der Waals surface area contributed by atoms with Gasteiger partial charge in [-0.2, -0.15) is 4.68 Å². The number of carbonyl (C=O) groups excluding carboxylic acids is 1. The average Bonchev–Trinajstić information content (AvgIpc) is 3.35. The molecular weight excluding hydrogens is 380 g/mol. The molecule has 0 spiro atoms. The highest BCUT2D eigenvalue weighted by molar-refractivity contribution is 5.95. The zero-order valence-corrected chi connectivity index (χ0v) is 16.6. The van der Waals surface area contributed by atoms with E-state index in [1.165, 1.54) is 11.0 Å². The summed E-state index contributed by atoms with van der Waals surface area (Å²) in [6.45, 7) is 0.522. The van der Waals surface area contributed by atoms with Gasteiger partial charge in [-0.05, 0) is 47.4 Å². The van der Waals surface area contributed by atoms with Crippen LogP contribution in [0.15, 0.2) is 55.0 Å². The zero-order chi connectivity index (χ0) is 20.6. The molecule has 8 nitrogen and oxygen atoms in total. The first kappa shape index (κ1) is 18.9. The number of hydrogen-bond acceptors (Lipinski definition) is 6. The van der Waals surface area contributed by atoms with Gasteiger partial charge >= 0.3 is 0 Å². The smallest absolute Gasteiger partial charge is 0.254 e. The highest BCUT2D eigenvalue weighted by Crippen LogP contribution is 2.47. The van der Waals surface area contributed by atoms with E-state index in [1.807, 2.05) is 35.2 Å².